The fraction of sp³-hybridized carbons (Fsp3) is 0.778. The average molecular weight is 173 g/mol. The van der Waals surface area contributed by atoms with Gasteiger partial charge < -0.3 is 4.74 Å². The molecule has 1 fully saturated rings. The fourth-order valence-corrected chi connectivity index (χ4v) is 2.07. The van der Waals surface area contributed by atoms with E-state index in [2.05, 4.69) is 12.2 Å². The molecule has 0 N–H and O–H groups in total. The molecule has 0 amide bonds. The van der Waals surface area contributed by atoms with Gasteiger partial charge in [0.25, 0.3) is 0 Å². The Morgan fingerprint density at radius 3 is 2.91 bits per heavy atom. The van der Waals surface area contributed by atoms with Crippen LogP contribution in [0.3, 0.4) is 0 Å². The third-order valence-electron chi connectivity index (χ3n) is 2.59. The van der Waals surface area contributed by atoms with Crippen molar-refractivity contribution in [2.24, 2.45) is 0 Å². The third-order valence-corrected chi connectivity index (χ3v) is 2.95. The van der Waals surface area contributed by atoms with Gasteiger partial charge in [-0.1, -0.05) is 12.2 Å². The van der Waals surface area contributed by atoms with E-state index in [1.165, 1.54) is 12.8 Å². The Morgan fingerprint density at radius 1 is 1.45 bits per heavy atom. The summed E-state index contributed by atoms with van der Waals surface area (Å²) in [5, 5.41) is 0.241. The maximum atomic E-state index is 5.94. The minimum atomic E-state index is 0.0887. The Kier molecular flexibility index (Phi) is 1.94. The van der Waals surface area contributed by atoms with Crippen LogP contribution in [-0.4, -0.2) is 17.6 Å². The highest BCUT2D eigenvalue weighted by Crippen LogP contribution is 2.36. The van der Waals surface area contributed by atoms with Gasteiger partial charge in [-0.05, 0) is 25.7 Å². The summed E-state index contributed by atoms with van der Waals surface area (Å²) in [6.07, 6.45) is 8.82. The average Bonchev–Trinajstić information content (AvgIpc) is 2.45. The van der Waals surface area contributed by atoms with Crippen molar-refractivity contribution in [3.05, 3.63) is 12.2 Å². The van der Waals surface area contributed by atoms with E-state index in [9.17, 15) is 0 Å². The van der Waals surface area contributed by atoms with Crippen LogP contribution in [0.4, 0.5) is 0 Å². The summed E-state index contributed by atoms with van der Waals surface area (Å²) in [5.41, 5.74) is 0.0887. The van der Waals surface area contributed by atoms with Crippen LogP contribution in [-0.2, 0) is 4.74 Å². The maximum absolute atomic E-state index is 5.94. The fourth-order valence-electron chi connectivity index (χ4n) is 1.89. The molecule has 11 heavy (non-hydrogen) atoms. The molecule has 0 aromatic rings. The van der Waals surface area contributed by atoms with Crippen LogP contribution in [0.5, 0.6) is 0 Å². The van der Waals surface area contributed by atoms with Crippen molar-refractivity contribution in [2.75, 3.05) is 6.61 Å². The molecule has 1 spiro atoms. The van der Waals surface area contributed by atoms with Gasteiger partial charge in [-0.25, -0.2) is 0 Å². The van der Waals surface area contributed by atoms with Gasteiger partial charge in [-0.2, -0.15) is 0 Å². The molecule has 0 saturated carbocycles. The van der Waals surface area contributed by atoms with Crippen LogP contribution in [0.25, 0.3) is 0 Å². The first-order chi connectivity index (χ1) is 5.31. The Hall–Kier alpha value is -0.0100. The van der Waals surface area contributed by atoms with Crippen molar-refractivity contribution in [3.8, 4) is 0 Å². The topological polar surface area (TPSA) is 9.23 Å². The molecule has 2 rings (SSSR count). The molecule has 2 aliphatic rings. The zero-order chi connectivity index (χ0) is 7.73. The summed E-state index contributed by atoms with van der Waals surface area (Å²) in [7, 11) is 0. The number of halogens is 1. The van der Waals surface area contributed by atoms with E-state index < -0.39 is 0 Å². The first-order valence-corrected chi connectivity index (χ1v) is 4.72. The predicted octanol–water partition coefficient (Wildman–Crippen LogP) is 2.49. The SMILES string of the molecule is Cl[C@@H]1C=C[C@@]2(CCCO2)CC1. The zero-order valence-corrected chi connectivity index (χ0v) is 7.31. The molecule has 1 aliphatic carbocycles. The highest BCUT2D eigenvalue weighted by molar-refractivity contribution is 6.21. The molecule has 0 aromatic carbocycles. The number of ether oxygens (including phenoxy) is 1. The molecule has 2 heteroatoms. The first-order valence-electron chi connectivity index (χ1n) is 4.28. The Labute approximate surface area is 72.4 Å². The van der Waals surface area contributed by atoms with E-state index >= 15 is 0 Å². The lowest BCUT2D eigenvalue weighted by atomic mass is 9.88. The van der Waals surface area contributed by atoms with E-state index in [1.54, 1.807) is 0 Å². The summed E-state index contributed by atoms with van der Waals surface area (Å²) in [4.78, 5) is 0. The number of rotatable bonds is 0. The van der Waals surface area contributed by atoms with Gasteiger partial charge in [-0.15, -0.1) is 11.6 Å². The van der Waals surface area contributed by atoms with Crippen LogP contribution in [0.2, 0.25) is 0 Å². The van der Waals surface area contributed by atoms with Crippen molar-refractivity contribution < 1.29 is 4.74 Å². The Morgan fingerprint density at radius 2 is 2.36 bits per heavy atom. The second-order valence-corrected chi connectivity index (χ2v) is 3.99. The molecule has 2 atom stereocenters. The lowest BCUT2D eigenvalue weighted by Gasteiger charge is -2.29. The Bertz CT molecular complexity index is 170. The molecule has 0 bridgehead atoms. The second kappa shape index (κ2) is 2.80. The smallest absolute Gasteiger partial charge is 0.0864 e. The van der Waals surface area contributed by atoms with Crippen LogP contribution in [0, 0.1) is 0 Å². The number of allylic oxidation sites excluding steroid dienone is 1. The summed E-state index contributed by atoms with van der Waals surface area (Å²) < 4.78 is 5.68. The quantitative estimate of drug-likeness (QED) is 0.403. The van der Waals surface area contributed by atoms with Crippen LogP contribution in [0.1, 0.15) is 25.7 Å². The largest absolute Gasteiger partial charge is 0.371 e. The minimum Gasteiger partial charge on any atom is -0.371 e. The highest BCUT2D eigenvalue weighted by atomic mass is 35.5. The molecular weight excluding hydrogens is 160 g/mol. The van der Waals surface area contributed by atoms with Crippen molar-refractivity contribution >= 4 is 11.6 Å². The zero-order valence-electron chi connectivity index (χ0n) is 6.55. The molecule has 0 unspecified atom stereocenters. The molecule has 1 heterocycles. The summed E-state index contributed by atoms with van der Waals surface area (Å²) in [6, 6.07) is 0. The standard InChI is InChI=1S/C9H13ClO/c10-8-2-5-9(6-3-8)4-1-7-11-9/h2,5,8H,1,3-4,6-7H2/t8-,9+/m1/s1. The van der Waals surface area contributed by atoms with E-state index in [0.29, 0.717) is 0 Å². The van der Waals surface area contributed by atoms with E-state index in [0.717, 1.165) is 19.4 Å². The highest BCUT2D eigenvalue weighted by Gasteiger charge is 2.34. The van der Waals surface area contributed by atoms with Crippen LogP contribution < -0.4 is 0 Å². The second-order valence-electron chi connectivity index (χ2n) is 3.43. The molecule has 62 valence electrons. The predicted molar refractivity (Wildman–Crippen MR) is 45.9 cm³/mol. The van der Waals surface area contributed by atoms with Gasteiger partial charge in [-0.3, -0.25) is 0 Å². The van der Waals surface area contributed by atoms with Crippen molar-refractivity contribution in [1.29, 1.82) is 0 Å². The van der Waals surface area contributed by atoms with Crippen LogP contribution in [0.15, 0.2) is 12.2 Å². The van der Waals surface area contributed by atoms with Gasteiger partial charge in [0.2, 0.25) is 0 Å². The van der Waals surface area contributed by atoms with E-state index in [-0.39, 0.29) is 11.0 Å². The normalized spacial score (nSPS) is 43.5. The van der Waals surface area contributed by atoms with Gasteiger partial charge in [0.1, 0.15) is 0 Å². The minimum absolute atomic E-state index is 0.0887. The number of hydrogen-bond acceptors (Lipinski definition) is 1. The van der Waals surface area contributed by atoms with Gasteiger partial charge in [0.05, 0.1) is 11.0 Å². The maximum Gasteiger partial charge on any atom is 0.0864 e. The van der Waals surface area contributed by atoms with Crippen molar-refractivity contribution in [1.82, 2.24) is 0 Å². The first kappa shape index (κ1) is 7.63. The summed E-state index contributed by atoms with van der Waals surface area (Å²) in [5.74, 6) is 0. The lowest BCUT2D eigenvalue weighted by Crippen LogP contribution is -2.28. The summed E-state index contributed by atoms with van der Waals surface area (Å²) >= 11 is 5.94. The molecule has 0 aromatic heterocycles. The molecule has 0 radical (unpaired) electrons. The van der Waals surface area contributed by atoms with Gasteiger partial charge in [0, 0.05) is 6.61 Å². The summed E-state index contributed by atoms with van der Waals surface area (Å²) in [6.45, 7) is 0.928. The Balaban J connectivity index is 2.09. The molecule has 1 aliphatic heterocycles. The van der Waals surface area contributed by atoms with Gasteiger partial charge >= 0.3 is 0 Å². The molecule has 1 saturated heterocycles. The van der Waals surface area contributed by atoms with Crippen LogP contribution >= 0.6 is 11.6 Å². The number of hydrogen-bond donors (Lipinski definition) is 0. The lowest BCUT2D eigenvalue weighted by molar-refractivity contribution is 0.0336. The third kappa shape index (κ3) is 1.45. The van der Waals surface area contributed by atoms with E-state index in [1.807, 2.05) is 0 Å². The van der Waals surface area contributed by atoms with Crippen molar-refractivity contribution in [2.45, 2.75) is 36.7 Å². The van der Waals surface area contributed by atoms with E-state index in [4.69, 9.17) is 16.3 Å². The monoisotopic (exact) mass is 172 g/mol. The number of alkyl halides is 1. The van der Waals surface area contributed by atoms with Gasteiger partial charge in [0.15, 0.2) is 0 Å². The molecule has 1 nitrogen and oxygen atoms in total. The van der Waals surface area contributed by atoms with Crippen molar-refractivity contribution in [3.63, 3.8) is 0 Å². The molecular formula is C9H13ClO.